The van der Waals surface area contributed by atoms with E-state index >= 15 is 0 Å². The van der Waals surface area contributed by atoms with Crippen LogP contribution >= 0.6 is 0 Å². The molecular formula is C32H30FNO2. The lowest BCUT2D eigenvalue weighted by atomic mass is 9.81. The molecule has 0 unspecified atom stereocenters. The van der Waals surface area contributed by atoms with Gasteiger partial charge in [-0.2, -0.15) is 5.26 Å². The highest BCUT2D eigenvalue weighted by Gasteiger charge is 2.21. The third-order valence-electron chi connectivity index (χ3n) is 6.13. The maximum atomic E-state index is 14.7. The number of benzene rings is 3. The summed E-state index contributed by atoms with van der Waals surface area (Å²) in [5, 5.41) is 18.7. The summed E-state index contributed by atoms with van der Waals surface area (Å²) < 4.78 is 14.7. The van der Waals surface area contributed by atoms with Gasteiger partial charge < -0.3 is 5.11 Å². The predicted molar refractivity (Wildman–Crippen MR) is 145 cm³/mol. The van der Waals surface area contributed by atoms with Gasteiger partial charge in [-0.25, -0.2) is 9.18 Å². The van der Waals surface area contributed by atoms with Crippen LogP contribution in [0, 0.1) is 30.0 Å². The SMILES string of the molecule is CC/C(=C(\C(=C\c1ccccc1C)C(C)C)c1ccc(/C=C/C(=O)O)cc1)c1cccc(F)c1C#N. The molecule has 4 heteroatoms. The van der Waals surface area contributed by atoms with Crippen molar-refractivity contribution in [2.24, 2.45) is 5.92 Å². The Labute approximate surface area is 212 Å². The number of allylic oxidation sites excluding steroid dienone is 3. The van der Waals surface area contributed by atoms with E-state index in [-0.39, 0.29) is 11.5 Å². The first-order chi connectivity index (χ1) is 17.3. The number of hydrogen-bond donors (Lipinski definition) is 1. The fraction of sp³-hybridized carbons (Fsp3) is 0.188. The van der Waals surface area contributed by atoms with E-state index in [1.165, 1.54) is 6.07 Å². The van der Waals surface area contributed by atoms with Crippen molar-refractivity contribution >= 4 is 29.3 Å². The zero-order valence-electron chi connectivity index (χ0n) is 21.0. The van der Waals surface area contributed by atoms with Gasteiger partial charge in [0.1, 0.15) is 11.9 Å². The van der Waals surface area contributed by atoms with Crippen LogP contribution < -0.4 is 0 Å². The van der Waals surface area contributed by atoms with Crippen LogP contribution in [0.3, 0.4) is 0 Å². The zero-order chi connectivity index (χ0) is 26.2. The molecule has 0 bridgehead atoms. The monoisotopic (exact) mass is 479 g/mol. The molecule has 0 amide bonds. The van der Waals surface area contributed by atoms with Crippen molar-refractivity contribution in [2.75, 3.05) is 0 Å². The summed E-state index contributed by atoms with van der Waals surface area (Å²) in [6.45, 7) is 8.32. The number of carboxylic acid groups (broad SMARTS) is 1. The zero-order valence-corrected chi connectivity index (χ0v) is 21.0. The fourth-order valence-corrected chi connectivity index (χ4v) is 4.28. The van der Waals surface area contributed by atoms with Crippen LogP contribution in [-0.4, -0.2) is 11.1 Å². The lowest BCUT2D eigenvalue weighted by molar-refractivity contribution is -0.131. The Morgan fingerprint density at radius 3 is 2.33 bits per heavy atom. The molecular weight excluding hydrogens is 449 g/mol. The first-order valence-corrected chi connectivity index (χ1v) is 12.0. The Balaban J connectivity index is 2.37. The molecule has 0 aliphatic carbocycles. The Morgan fingerprint density at radius 1 is 1.06 bits per heavy atom. The molecule has 0 radical (unpaired) electrons. The number of aliphatic carboxylic acids is 1. The molecule has 3 rings (SSSR count). The second-order valence-corrected chi connectivity index (χ2v) is 8.89. The van der Waals surface area contributed by atoms with Crippen LogP contribution in [0.1, 0.15) is 60.6 Å². The molecule has 0 aliphatic rings. The second kappa shape index (κ2) is 12.0. The number of nitriles is 1. The van der Waals surface area contributed by atoms with Gasteiger partial charge in [0.25, 0.3) is 0 Å². The molecule has 0 atom stereocenters. The van der Waals surface area contributed by atoms with Crippen LogP contribution in [0.2, 0.25) is 0 Å². The lowest BCUT2D eigenvalue weighted by Gasteiger charge is -2.23. The third kappa shape index (κ3) is 6.06. The Morgan fingerprint density at radius 2 is 1.75 bits per heavy atom. The first-order valence-electron chi connectivity index (χ1n) is 12.0. The number of halogens is 1. The van der Waals surface area contributed by atoms with Gasteiger partial charge in [0.2, 0.25) is 0 Å². The second-order valence-electron chi connectivity index (χ2n) is 8.89. The van der Waals surface area contributed by atoms with Crippen LogP contribution in [0.4, 0.5) is 4.39 Å². The van der Waals surface area contributed by atoms with Crippen molar-refractivity contribution in [3.8, 4) is 6.07 Å². The molecule has 0 heterocycles. The van der Waals surface area contributed by atoms with E-state index < -0.39 is 11.8 Å². The maximum Gasteiger partial charge on any atom is 0.328 e. The topological polar surface area (TPSA) is 61.1 Å². The van der Waals surface area contributed by atoms with E-state index in [0.29, 0.717) is 12.0 Å². The molecule has 3 aromatic carbocycles. The maximum absolute atomic E-state index is 14.7. The largest absolute Gasteiger partial charge is 0.478 e. The number of aryl methyl sites for hydroxylation is 1. The predicted octanol–water partition coefficient (Wildman–Crippen LogP) is 8.16. The summed E-state index contributed by atoms with van der Waals surface area (Å²) in [6.07, 6.45) is 5.41. The van der Waals surface area contributed by atoms with Crippen molar-refractivity contribution in [3.05, 3.63) is 118 Å². The number of hydrogen-bond acceptors (Lipinski definition) is 2. The molecule has 36 heavy (non-hydrogen) atoms. The minimum absolute atomic E-state index is 0.0341. The van der Waals surface area contributed by atoms with E-state index in [9.17, 15) is 14.4 Å². The summed E-state index contributed by atoms with van der Waals surface area (Å²) in [6, 6.07) is 22.6. The normalized spacial score (nSPS) is 12.5. The highest BCUT2D eigenvalue weighted by molar-refractivity contribution is 6.01. The van der Waals surface area contributed by atoms with E-state index in [1.807, 2.05) is 43.3 Å². The average molecular weight is 480 g/mol. The molecule has 0 aliphatic heterocycles. The summed E-state index contributed by atoms with van der Waals surface area (Å²) >= 11 is 0. The Hall–Kier alpha value is -4.23. The van der Waals surface area contributed by atoms with E-state index in [0.717, 1.165) is 45.0 Å². The van der Waals surface area contributed by atoms with Crippen LogP contribution in [0.25, 0.3) is 23.3 Å². The minimum Gasteiger partial charge on any atom is -0.478 e. The van der Waals surface area contributed by atoms with Gasteiger partial charge in [-0.15, -0.1) is 0 Å². The number of carbonyl (C=O) groups is 1. The van der Waals surface area contributed by atoms with Gasteiger partial charge in [-0.3, -0.25) is 0 Å². The van der Waals surface area contributed by atoms with Crippen LogP contribution in [0.15, 0.2) is 78.4 Å². The molecule has 3 aromatic rings. The fourth-order valence-electron chi connectivity index (χ4n) is 4.28. The van der Waals surface area contributed by atoms with Gasteiger partial charge >= 0.3 is 5.97 Å². The van der Waals surface area contributed by atoms with Crippen molar-refractivity contribution in [3.63, 3.8) is 0 Å². The highest BCUT2D eigenvalue weighted by Crippen LogP contribution is 2.40. The van der Waals surface area contributed by atoms with Gasteiger partial charge in [0, 0.05) is 6.08 Å². The summed E-state index contributed by atoms with van der Waals surface area (Å²) in [7, 11) is 0. The average Bonchev–Trinajstić information content (AvgIpc) is 2.86. The van der Waals surface area contributed by atoms with E-state index in [4.69, 9.17) is 5.11 Å². The Kier molecular flexibility index (Phi) is 8.76. The molecule has 0 aromatic heterocycles. The van der Waals surface area contributed by atoms with E-state index in [1.54, 1.807) is 18.2 Å². The molecule has 0 saturated heterocycles. The van der Waals surface area contributed by atoms with Gasteiger partial charge in [0.15, 0.2) is 0 Å². The molecule has 0 spiro atoms. The summed E-state index contributed by atoms with van der Waals surface area (Å²) in [4.78, 5) is 10.9. The quantitative estimate of drug-likeness (QED) is 0.201. The Bertz CT molecular complexity index is 1390. The van der Waals surface area contributed by atoms with Crippen molar-refractivity contribution in [1.29, 1.82) is 5.26 Å². The first kappa shape index (κ1) is 26.4. The van der Waals surface area contributed by atoms with Gasteiger partial charge in [-0.05, 0) is 75.9 Å². The van der Waals surface area contributed by atoms with Gasteiger partial charge in [-0.1, -0.05) is 87.5 Å². The van der Waals surface area contributed by atoms with Crippen LogP contribution in [-0.2, 0) is 4.79 Å². The molecule has 182 valence electrons. The van der Waals surface area contributed by atoms with Crippen LogP contribution in [0.5, 0.6) is 0 Å². The number of rotatable bonds is 8. The van der Waals surface area contributed by atoms with Crippen molar-refractivity contribution < 1.29 is 14.3 Å². The number of nitrogens with zero attached hydrogens (tertiary/aromatic N) is 1. The smallest absolute Gasteiger partial charge is 0.328 e. The third-order valence-corrected chi connectivity index (χ3v) is 6.13. The number of carboxylic acids is 1. The van der Waals surface area contributed by atoms with E-state index in [2.05, 4.69) is 45.0 Å². The standard InChI is InChI=1S/C32H30FNO2/c1-5-26(27-11-8-12-30(33)29(27)20-34)32(24-16-13-23(14-17-24)15-18-31(35)36)28(21(2)3)19-25-10-7-6-9-22(25)4/h6-19,21H,5H2,1-4H3,(H,35,36)/b18-15+,28-19+,32-26+. The molecule has 0 fully saturated rings. The van der Waals surface area contributed by atoms with Crippen molar-refractivity contribution in [1.82, 2.24) is 0 Å². The highest BCUT2D eigenvalue weighted by atomic mass is 19.1. The van der Waals surface area contributed by atoms with Crippen molar-refractivity contribution in [2.45, 2.75) is 34.1 Å². The molecule has 0 saturated carbocycles. The minimum atomic E-state index is -1.01. The van der Waals surface area contributed by atoms with Gasteiger partial charge in [0.05, 0.1) is 5.56 Å². The summed E-state index contributed by atoms with van der Waals surface area (Å²) in [5.41, 5.74) is 7.44. The lowest BCUT2D eigenvalue weighted by Crippen LogP contribution is -2.04. The molecule has 3 nitrogen and oxygen atoms in total. The summed E-state index contributed by atoms with van der Waals surface area (Å²) in [5.74, 6) is -1.42. The molecule has 1 N–H and O–H groups in total.